The number of carbonyl (C=O) groups excluding carboxylic acids is 2. The molecule has 0 aliphatic carbocycles. The van der Waals surface area contributed by atoms with Gasteiger partial charge in [0, 0.05) is 44.2 Å². The summed E-state index contributed by atoms with van der Waals surface area (Å²) in [7, 11) is 0. The van der Waals surface area contributed by atoms with Crippen LogP contribution in [-0.2, 0) is 16.8 Å². The van der Waals surface area contributed by atoms with Gasteiger partial charge in [-0.3, -0.25) is 9.59 Å². The first-order chi connectivity index (χ1) is 13.5. The van der Waals surface area contributed by atoms with Crippen molar-refractivity contribution in [1.82, 2.24) is 24.8 Å². The highest BCUT2D eigenvalue weighted by atomic mass is 19.1. The molecule has 4 heterocycles. The molecule has 0 unspecified atom stereocenters. The molecule has 0 aromatic carbocycles. The fraction of sp³-hybridized carbons (Fsp3) is 0.474. The molecule has 2 aromatic heterocycles. The Kier molecular flexibility index (Phi) is 4.60. The lowest BCUT2D eigenvalue weighted by Gasteiger charge is -2.50. The molecule has 0 radical (unpaired) electrons. The number of imidazole rings is 1. The van der Waals surface area contributed by atoms with Crippen molar-refractivity contribution in [2.24, 2.45) is 0 Å². The Morgan fingerprint density at radius 2 is 1.96 bits per heavy atom. The van der Waals surface area contributed by atoms with E-state index in [0.717, 1.165) is 24.0 Å². The van der Waals surface area contributed by atoms with E-state index in [1.807, 2.05) is 11.8 Å². The molecule has 1 saturated heterocycles. The number of fused-ring (bicyclic) bond motifs is 2. The summed E-state index contributed by atoms with van der Waals surface area (Å²) < 4.78 is 27.0. The van der Waals surface area contributed by atoms with Crippen molar-refractivity contribution >= 4 is 11.8 Å². The normalized spacial score (nSPS) is 18.2. The average Bonchev–Trinajstić information content (AvgIpc) is 3.18. The van der Waals surface area contributed by atoms with Gasteiger partial charge < -0.3 is 14.8 Å². The molecule has 1 fully saturated rings. The predicted molar refractivity (Wildman–Crippen MR) is 95.3 cm³/mol. The minimum atomic E-state index is -0.972. The van der Waals surface area contributed by atoms with Gasteiger partial charge in [0.25, 0.3) is 5.91 Å². The van der Waals surface area contributed by atoms with Gasteiger partial charge in [0.1, 0.15) is 5.82 Å². The maximum atomic E-state index is 14.0. The summed E-state index contributed by atoms with van der Waals surface area (Å²) >= 11 is 0. The van der Waals surface area contributed by atoms with Crippen molar-refractivity contribution in [3.05, 3.63) is 47.3 Å². The summed E-state index contributed by atoms with van der Waals surface area (Å²) in [4.78, 5) is 39.9. The third-order valence-electron chi connectivity index (χ3n) is 5.75. The van der Waals surface area contributed by atoms with Gasteiger partial charge in [-0.05, 0) is 12.8 Å². The Morgan fingerprint density at radius 1 is 1.21 bits per heavy atom. The van der Waals surface area contributed by atoms with E-state index < -0.39 is 23.1 Å². The molecule has 9 heteroatoms. The highest BCUT2D eigenvalue weighted by Gasteiger charge is 2.49. The molecule has 1 spiro atoms. The van der Waals surface area contributed by atoms with E-state index in [1.54, 1.807) is 6.33 Å². The fourth-order valence-electron chi connectivity index (χ4n) is 4.34. The van der Waals surface area contributed by atoms with Gasteiger partial charge in [-0.2, -0.15) is 0 Å². The van der Waals surface area contributed by atoms with Crippen LogP contribution in [0.2, 0.25) is 0 Å². The van der Waals surface area contributed by atoms with Crippen molar-refractivity contribution in [2.45, 2.75) is 38.1 Å². The number of hydrogen-bond acceptors (Lipinski definition) is 4. The summed E-state index contributed by atoms with van der Waals surface area (Å²) in [5.41, 5.74) is 0.930. The number of rotatable bonds is 2. The van der Waals surface area contributed by atoms with E-state index in [4.69, 9.17) is 0 Å². The molecule has 0 bridgehead atoms. The molecule has 2 aliphatic rings. The molecule has 7 nitrogen and oxygen atoms in total. The third-order valence-corrected chi connectivity index (χ3v) is 5.75. The van der Waals surface area contributed by atoms with Crippen LogP contribution in [-0.4, -0.2) is 56.2 Å². The number of aromatic amines is 1. The third kappa shape index (κ3) is 2.85. The maximum absolute atomic E-state index is 14.0. The number of H-pyrrole nitrogens is 1. The highest BCUT2D eigenvalue weighted by molar-refractivity contribution is 5.92. The van der Waals surface area contributed by atoms with E-state index in [2.05, 4.69) is 15.0 Å². The average molecular weight is 389 g/mol. The molecular weight excluding hydrogens is 368 g/mol. The fourth-order valence-corrected chi connectivity index (χ4v) is 4.34. The second-order valence-electron chi connectivity index (χ2n) is 7.19. The van der Waals surface area contributed by atoms with Gasteiger partial charge in [-0.15, -0.1) is 0 Å². The van der Waals surface area contributed by atoms with Crippen molar-refractivity contribution < 1.29 is 18.4 Å². The number of amides is 2. The zero-order chi connectivity index (χ0) is 19.9. The number of piperidine rings is 1. The maximum Gasteiger partial charge on any atom is 0.275 e. The number of aromatic nitrogens is 3. The Bertz CT molecular complexity index is 921. The van der Waals surface area contributed by atoms with E-state index in [-0.39, 0.29) is 11.6 Å². The van der Waals surface area contributed by atoms with E-state index >= 15 is 0 Å². The monoisotopic (exact) mass is 389 g/mol. The molecule has 0 atom stereocenters. The smallest absolute Gasteiger partial charge is 0.275 e. The minimum absolute atomic E-state index is 0.0553. The Labute approximate surface area is 160 Å². The number of halogens is 2. The van der Waals surface area contributed by atoms with E-state index in [1.165, 1.54) is 4.90 Å². The van der Waals surface area contributed by atoms with Gasteiger partial charge in [-0.25, -0.2) is 18.7 Å². The van der Waals surface area contributed by atoms with Crippen LogP contribution >= 0.6 is 0 Å². The number of carbonyl (C=O) groups is 2. The first-order valence-electron chi connectivity index (χ1n) is 9.40. The molecule has 4 rings (SSSR count). The first-order valence-corrected chi connectivity index (χ1v) is 9.40. The second kappa shape index (κ2) is 6.96. The van der Waals surface area contributed by atoms with Crippen LogP contribution in [0, 0.1) is 11.6 Å². The van der Waals surface area contributed by atoms with Crippen LogP contribution in [0.4, 0.5) is 8.78 Å². The van der Waals surface area contributed by atoms with Crippen molar-refractivity contribution in [3.8, 4) is 0 Å². The topological polar surface area (TPSA) is 82.2 Å². The van der Waals surface area contributed by atoms with Crippen LogP contribution < -0.4 is 0 Å². The first kappa shape index (κ1) is 18.5. The summed E-state index contributed by atoms with van der Waals surface area (Å²) in [5.74, 6) is -2.31. The summed E-state index contributed by atoms with van der Waals surface area (Å²) in [5, 5.41) is 0. The number of nitrogens with one attached hydrogen (secondary N) is 1. The number of hydrogen-bond donors (Lipinski definition) is 1. The lowest BCUT2D eigenvalue weighted by molar-refractivity contribution is -0.141. The zero-order valence-electron chi connectivity index (χ0n) is 15.5. The van der Waals surface area contributed by atoms with Crippen molar-refractivity contribution in [3.63, 3.8) is 0 Å². The highest BCUT2D eigenvalue weighted by Crippen LogP contribution is 2.42. The lowest BCUT2D eigenvalue weighted by Crippen LogP contribution is -2.58. The molecule has 2 aromatic rings. The zero-order valence-corrected chi connectivity index (χ0v) is 15.5. The molecule has 2 amide bonds. The standard InChI is InChI=1S/C19H21F2N5O2/c1-2-15(27)26-6-3-14-17(24-11-23-14)19(26)4-7-25(8-5-19)18(28)16-13(21)9-12(20)10-22-16/h9-11H,2-8H2,1H3,(H,23,24). The molecule has 148 valence electrons. The quantitative estimate of drug-likeness (QED) is 0.852. The van der Waals surface area contributed by atoms with Crippen molar-refractivity contribution in [2.75, 3.05) is 19.6 Å². The number of nitrogens with zero attached hydrogens (tertiary/aromatic N) is 4. The summed E-state index contributed by atoms with van der Waals surface area (Å²) in [6.07, 6.45) is 4.60. The summed E-state index contributed by atoms with van der Waals surface area (Å²) in [6.45, 7) is 3.09. The van der Waals surface area contributed by atoms with Gasteiger partial charge in [-0.1, -0.05) is 6.92 Å². The lowest BCUT2D eigenvalue weighted by atomic mass is 9.78. The van der Waals surface area contributed by atoms with Crippen LogP contribution in [0.1, 0.15) is 48.1 Å². The minimum Gasteiger partial charge on any atom is -0.348 e. The largest absolute Gasteiger partial charge is 0.348 e. The number of pyridine rings is 1. The Hall–Kier alpha value is -2.84. The van der Waals surface area contributed by atoms with E-state index in [9.17, 15) is 18.4 Å². The van der Waals surface area contributed by atoms with Crippen LogP contribution in [0.15, 0.2) is 18.6 Å². The predicted octanol–water partition coefficient (Wildman–Crippen LogP) is 2.01. The van der Waals surface area contributed by atoms with Gasteiger partial charge in [0.05, 0.1) is 23.8 Å². The number of likely N-dealkylation sites (tertiary alicyclic amines) is 1. The van der Waals surface area contributed by atoms with Crippen LogP contribution in [0.5, 0.6) is 0 Å². The molecule has 2 aliphatic heterocycles. The van der Waals surface area contributed by atoms with Crippen molar-refractivity contribution in [1.29, 1.82) is 0 Å². The van der Waals surface area contributed by atoms with Gasteiger partial charge in [0.15, 0.2) is 11.5 Å². The Balaban J connectivity index is 1.59. The van der Waals surface area contributed by atoms with Crippen LogP contribution in [0.3, 0.4) is 0 Å². The molecule has 28 heavy (non-hydrogen) atoms. The second-order valence-corrected chi connectivity index (χ2v) is 7.19. The van der Waals surface area contributed by atoms with Crippen LogP contribution in [0.25, 0.3) is 0 Å². The van der Waals surface area contributed by atoms with Gasteiger partial charge >= 0.3 is 0 Å². The molecule has 1 N–H and O–H groups in total. The Morgan fingerprint density at radius 3 is 2.64 bits per heavy atom. The molecule has 0 saturated carbocycles. The SMILES string of the molecule is CCC(=O)N1CCc2[nH]cnc2C12CCN(C(=O)c1ncc(F)cc1F)CC2. The van der Waals surface area contributed by atoms with Gasteiger partial charge in [0.2, 0.25) is 5.91 Å². The van der Waals surface area contributed by atoms with E-state index in [0.29, 0.717) is 45.0 Å². The summed E-state index contributed by atoms with van der Waals surface area (Å²) in [6, 6.07) is 0.657. The molecular formula is C19H21F2N5O2.